The van der Waals surface area contributed by atoms with Gasteiger partial charge in [-0.3, -0.25) is 14.4 Å². The Labute approximate surface area is 417 Å². The lowest BCUT2D eigenvalue weighted by Gasteiger charge is -2.18. The van der Waals surface area contributed by atoms with Crippen LogP contribution < -0.4 is 0 Å². The van der Waals surface area contributed by atoms with E-state index < -0.39 is 6.10 Å². The lowest BCUT2D eigenvalue weighted by molar-refractivity contribution is -0.167. The molecule has 0 aromatic rings. The molecule has 0 N–H and O–H groups in total. The molecule has 1 unspecified atom stereocenters. The van der Waals surface area contributed by atoms with Crippen LogP contribution in [0.4, 0.5) is 0 Å². The fraction of sp³-hybridized carbons (Fsp3) is 0.565. The van der Waals surface area contributed by atoms with E-state index in [1.807, 2.05) is 36.5 Å². The molecule has 0 saturated heterocycles. The number of carbonyl (C=O) groups excluding carboxylic acids is 3. The first-order chi connectivity index (χ1) is 33.5. The van der Waals surface area contributed by atoms with Crippen LogP contribution in [0.3, 0.4) is 0 Å². The normalized spacial score (nSPS) is 13.3. The molecule has 1 atom stereocenters. The van der Waals surface area contributed by atoms with Gasteiger partial charge in [-0.05, 0) is 109 Å². The number of hydrogen-bond acceptors (Lipinski definition) is 6. The largest absolute Gasteiger partial charge is 0.462 e. The highest BCUT2D eigenvalue weighted by Crippen LogP contribution is 2.12. The first-order valence-electron chi connectivity index (χ1n) is 26.9. The Balaban J connectivity index is 4.57. The lowest BCUT2D eigenvalue weighted by atomic mass is 10.1. The van der Waals surface area contributed by atoms with Crippen molar-refractivity contribution in [3.05, 3.63) is 146 Å². The Kier molecular flexibility index (Phi) is 51.1. The van der Waals surface area contributed by atoms with Crippen molar-refractivity contribution in [3.8, 4) is 0 Å². The summed E-state index contributed by atoms with van der Waals surface area (Å²) in [5, 5.41) is 0. The third-order valence-corrected chi connectivity index (χ3v) is 10.7. The molecule has 6 nitrogen and oxygen atoms in total. The Morgan fingerprint density at radius 3 is 1.09 bits per heavy atom. The van der Waals surface area contributed by atoms with Gasteiger partial charge in [-0.25, -0.2) is 0 Å². The summed E-state index contributed by atoms with van der Waals surface area (Å²) in [6, 6.07) is 0. The maximum atomic E-state index is 12.8. The number of unbranched alkanes of at least 4 members (excludes halogenated alkanes) is 16. The van der Waals surface area contributed by atoms with Gasteiger partial charge in [0.2, 0.25) is 0 Å². The van der Waals surface area contributed by atoms with Gasteiger partial charge in [-0.1, -0.05) is 224 Å². The van der Waals surface area contributed by atoms with Crippen LogP contribution in [0.15, 0.2) is 146 Å². The maximum absolute atomic E-state index is 12.8. The third kappa shape index (κ3) is 52.3. The number of carbonyl (C=O) groups is 3. The van der Waals surface area contributed by atoms with E-state index in [1.54, 1.807) is 0 Å². The number of rotatable bonds is 46. The SMILES string of the molecule is CC/C=C/C=C/C=C/C=C/CCCCCC(=O)OCC(COC(=O)CCCCC/C=C/C/C=C/C/C=C/C/C=C/C/C=C/CC)OC(=O)CCCCCCC/C=C/C=C/C=C/CCCCCCC. The summed E-state index contributed by atoms with van der Waals surface area (Å²) in [5.41, 5.74) is 0. The summed E-state index contributed by atoms with van der Waals surface area (Å²) in [6.45, 7) is 6.26. The summed E-state index contributed by atoms with van der Waals surface area (Å²) in [4.78, 5) is 38.1. The van der Waals surface area contributed by atoms with Gasteiger partial charge in [0.15, 0.2) is 6.10 Å². The standard InChI is InChI=1S/C62H96O6/c1-4-7-10-13-16-19-22-25-27-29-31-33-34-37-40-43-46-49-52-55-61(64)67-58-59(57-66-60(63)54-51-48-45-42-39-36-24-21-18-15-12-9-6-3)68-62(65)56-53-50-47-44-41-38-35-32-30-28-26-23-20-17-14-11-8-5-2/h7,9-10,12,15-16,18-19,21,23-28,30-33,35-37,39-40,59H,4-6,8,11,13-14,17,20,22,29,34,38,41-58H2,1-3H3/b10-7+,12-9+,18-15+,19-16+,24-21+,26-23+,27-25+,30-28+,33-31+,35-32+,39-36+,40-37+. The molecule has 0 aliphatic heterocycles. The van der Waals surface area contributed by atoms with Gasteiger partial charge in [-0.15, -0.1) is 0 Å². The van der Waals surface area contributed by atoms with Crippen molar-refractivity contribution in [3.63, 3.8) is 0 Å². The number of hydrogen-bond donors (Lipinski definition) is 0. The number of allylic oxidation sites excluding steroid dienone is 24. The molecule has 0 saturated carbocycles. The van der Waals surface area contributed by atoms with Gasteiger partial charge in [-0.2, -0.15) is 0 Å². The van der Waals surface area contributed by atoms with Gasteiger partial charge in [0.25, 0.3) is 0 Å². The van der Waals surface area contributed by atoms with Crippen LogP contribution in [0.1, 0.15) is 207 Å². The minimum absolute atomic E-state index is 0.123. The van der Waals surface area contributed by atoms with Gasteiger partial charge < -0.3 is 14.2 Å². The third-order valence-electron chi connectivity index (χ3n) is 10.7. The molecule has 0 aliphatic carbocycles. The maximum Gasteiger partial charge on any atom is 0.306 e. The van der Waals surface area contributed by atoms with Crippen LogP contribution in [0.5, 0.6) is 0 Å². The molecule has 0 aromatic carbocycles. The molecular formula is C62H96O6. The van der Waals surface area contributed by atoms with Crippen molar-refractivity contribution in [1.29, 1.82) is 0 Å². The highest BCUT2D eigenvalue weighted by Gasteiger charge is 2.19. The van der Waals surface area contributed by atoms with Gasteiger partial charge in [0.1, 0.15) is 13.2 Å². The van der Waals surface area contributed by atoms with E-state index in [4.69, 9.17) is 14.2 Å². The average molecular weight is 937 g/mol. The second-order valence-corrected chi connectivity index (χ2v) is 17.2. The van der Waals surface area contributed by atoms with E-state index >= 15 is 0 Å². The Hall–Kier alpha value is -4.71. The Bertz CT molecular complexity index is 1540. The van der Waals surface area contributed by atoms with Crippen molar-refractivity contribution >= 4 is 17.9 Å². The summed E-state index contributed by atoms with van der Waals surface area (Å²) in [6.07, 6.45) is 78.3. The van der Waals surface area contributed by atoms with E-state index in [0.29, 0.717) is 12.8 Å². The summed E-state index contributed by atoms with van der Waals surface area (Å²) in [5.74, 6) is -1.02. The minimum atomic E-state index is -0.826. The van der Waals surface area contributed by atoms with Crippen LogP contribution in [-0.2, 0) is 28.6 Å². The van der Waals surface area contributed by atoms with Crippen molar-refractivity contribution in [1.82, 2.24) is 0 Å². The molecule has 0 heterocycles. The topological polar surface area (TPSA) is 78.9 Å². The summed E-state index contributed by atoms with van der Waals surface area (Å²) < 4.78 is 16.7. The summed E-state index contributed by atoms with van der Waals surface area (Å²) in [7, 11) is 0. The van der Waals surface area contributed by atoms with Crippen molar-refractivity contribution < 1.29 is 28.6 Å². The highest BCUT2D eigenvalue weighted by molar-refractivity contribution is 5.71. The quantitative estimate of drug-likeness (QED) is 0.0199. The highest BCUT2D eigenvalue weighted by atomic mass is 16.6. The number of esters is 3. The van der Waals surface area contributed by atoms with Crippen molar-refractivity contribution in [2.24, 2.45) is 0 Å². The van der Waals surface area contributed by atoms with Crippen LogP contribution >= 0.6 is 0 Å². The van der Waals surface area contributed by atoms with Gasteiger partial charge in [0.05, 0.1) is 0 Å². The molecule has 0 fully saturated rings. The molecule has 6 heteroatoms. The van der Waals surface area contributed by atoms with E-state index in [2.05, 4.69) is 130 Å². The molecule has 68 heavy (non-hydrogen) atoms. The monoisotopic (exact) mass is 937 g/mol. The van der Waals surface area contributed by atoms with E-state index in [0.717, 1.165) is 135 Å². The minimum Gasteiger partial charge on any atom is -0.462 e. The summed E-state index contributed by atoms with van der Waals surface area (Å²) >= 11 is 0. The molecule has 0 bridgehead atoms. The average Bonchev–Trinajstić information content (AvgIpc) is 3.34. The number of ether oxygens (including phenoxy) is 3. The fourth-order valence-electron chi connectivity index (χ4n) is 6.71. The fourth-order valence-corrected chi connectivity index (χ4v) is 6.71. The molecule has 0 amide bonds. The predicted octanol–water partition coefficient (Wildman–Crippen LogP) is 18.0. The van der Waals surface area contributed by atoms with E-state index in [-0.39, 0.29) is 37.5 Å². The van der Waals surface area contributed by atoms with Crippen LogP contribution in [0.25, 0.3) is 0 Å². The van der Waals surface area contributed by atoms with E-state index in [9.17, 15) is 14.4 Å². The first kappa shape index (κ1) is 63.3. The first-order valence-corrected chi connectivity index (χ1v) is 26.9. The van der Waals surface area contributed by atoms with Crippen molar-refractivity contribution in [2.75, 3.05) is 13.2 Å². The molecular weight excluding hydrogens is 841 g/mol. The Morgan fingerprint density at radius 2 is 0.647 bits per heavy atom. The molecule has 0 rings (SSSR count). The van der Waals surface area contributed by atoms with E-state index in [1.165, 1.54) is 32.1 Å². The lowest BCUT2D eigenvalue weighted by Crippen LogP contribution is -2.30. The molecule has 380 valence electrons. The Morgan fingerprint density at radius 1 is 0.324 bits per heavy atom. The zero-order chi connectivity index (χ0) is 49.3. The predicted molar refractivity (Wildman–Crippen MR) is 292 cm³/mol. The van der Waals surface area contributed by atoms with Gasteiger partial charge in [0, 0.05) is 19.3 Å². The smallest absolute Gasteiger partial charge is 0.306 e. The second kappa shape index (κ2) is 54.9. The molecule has 0 aromatic heterocycles. The van der Waals surface area contributed by atoms with Crippen molar-refractivity contribution in [2.45, 2.75) is 213 Å². The molecule has 0 aliphatic rings. The van der Waals surface area contributed by atoms with Crippen LogP contribution in [-0.4, -0.2) is 37.2 Å². The molecule has 0 spiro atoms. The zero-order valence-electron chi connectivity index (χ0n) is 43.3. The zero-order valence-corrected chi connectivity index (χ0v) is 43.3. The van der Waals surface area contributed by atoms with Gasteiger partial charge >= 0.3 is 17.9 Å². The van der Waals surface area contributed by atoms with Crippen LogP contribution in [0.2, 0.25) is 0 Å². The molecule has 0 radical (unpaired) electrons. The van der Waals surface area contributed by atoms with Crippen LogP contribution in [0, 0.1) is 0 Å². The second-order valence-electron chi connectivity index (χ2n) is 17.2.